The summed E-state index contributed by atoms with van der Waals surface area (Å²) in [6.07, 6.45) is 0. The molecule has 27 heavy (non-hydrogen) atoms. The van der Waals surface area contributed by atoms with E-state index < -0.39 is 10.9 Å². The topological polar surface area (TPSA) is 118 Å². The summed E-state index contributed by atoms with van der Waals surface area (Å²) in [6, 6.07) is 10.4. The molecule has 3 rings (SSSR count). The van der Waals surface area contributed by atoms with E-state index in [0.29, 0.717) is 5.75 Å². The molecule has 1 heterocycles. The van der Waals surface area contributed by atoms with Crippen LogP contribution in [0, 0.1) is 15.9 Å². The molecule has 0 aliphatic rings. The minimum absolute atomic E-state index is 0.00850. The average molecular weight is 373 g/mol. The summed E-state index contributed by atoms with van der Waals surface area (Å²) in [5, 5.41) is 14.3. The summed E-state index contributed by atoms with van der Waals surface area (Å²) in [5.74, 6) is -0.345. The highest BCUT2D eigenvalue weighted by atomic mass is 19.1. The first-order chi connectivity index (χ1) is 13.0. The minimum Gasteiger partial charge on any atom is -0.485 e. The van der Waals surface area contributed by atoms with Crippen molar-refractivity contribution in [1.29, 1.82) is 0 Å². The zero-order valence-electron chi connectivity index (χ0n) is 13.7. The molecule has 0 saturated carbocycles. The Balaban J connectivity index is 1.50. The second-order valence-corrected chi connectivity index (χ2v) is 5.23. The molecule has 0 atom stereocenters. The zero-order valence-corrected chi connectivity index (χ0v) is 13.7. The first-order valence-electron chi connectivity index (χ1n) is 7.62. The Morgan fingerprint density at radius 2 is 1.81 bits per heavy atom. The number of nitro benzene ring substituents is 1. The van der Waals surface area contributed by atoms with Gasteiger partial charge in [0.1, 0.15) is 11.6 Å². The van der Waals surface area contributed by atoms with E-state index in [1.165, 1.54) is 48.5 Å². The quantitative estimate of drug-likeness (QED) is 0.352. The maximum Gasteiger partial charge on any atom is 0.338 e. The van der Waals surface area contributed by atoms with Crippen molar-refractivity contribution in [2.45, 2.75) is 13.2 Å². The average Bonchev–Trinajstić information content (AvgIpc) is 3.13. The number of ether oxygens (including phenoxy) is 2. The number of non-ortho nitro benzene ring substituents is 1. The van der Waals surface area contributed by atoms with Gasteiger partial charge in [0.05, 0.1) is 10.5 Å². The van der Waals surface area contributed by atoms with Crippen molar-refractivity contribution in [3.8, 4) is 5.75 Å². The van der Waals surface area contributed by atoms with Gasteiger partial charge >= 0.3 is 5.97 Å². The molecule has 0 aliphatic heterocycles. The molecule has 0 radical (unpaired) electrons. The molecule has 138 valence electrons. The molecule has 0 amide bonds. The van der Waals surface area contributed by atoms with Gasteiger partial charge in [0.2, 0.25) is 5.82 Å². The van der Waals surface area contributed by atoms with Gasteiger partial charge in [0.15, 0.2) is 13.2 Å². The van der Waals surface area contributed by atoms with Gasteiger partial charge in [0, 0.05) is 12.1 Å². The third kappa shape index (κ3) is 4.84. The molecular formula is C17H12FN3O6. The molecule has 0 aliphatic carbocycles. The van der Waals surface area contributed by atoms with E-state index in [1.54, 1.807) is 0 Å². The summed E-state index contributed by atoms with van der Waals surface area (Å²) >= 11 is 0. The van der Waals surface area contributed by atoms with Crippen molar-refractivity contribution in [2.75, 3.05) is 0 Å². The smallest absolute Gasteiger partial charge is 0.338 e. The van der Waals surface area contributed by atoms with Crippen molar-refractivity contribution in [3.05, 3.63) is 81.7 Å². The highest BCUT2D eigenvalue weighted by Crippen LogP contribution is 2.14. The number of nitro groups is 1. The van der Waals surface area contributed by atoms with Crippen LogP contribution in [0.1, 0.15) is 22.1 Å². The molecule has 0 spiro atoms. The van der Waals surface area contributed by atoms with Crippen LogP contribution >= 0.6 is 0 Å². The second kappa shape index (κ2) is 8.04. The van der Waals surface area contributed by atoms with Crippen molar-refractivity contribution >= 4 is 11.7 Å². The van der Waals surface area contributed by atoms with E-state index in [1.807, 2.05) is 0 Å². The Hall–Kier alpha value is -3.82. The summed E-state index contributed by atoms with van der Waals surface area (Å²) in [7, 11) is 0. The summed E-state index contributed by atoms with van der Waals surface area (Å²) < 4.78 is 28.1. The molecule has 10 heteroatoms. The molecule has 0 saturated heterocycles. The maximum atomic E-state index is 12.8. The molecule has 0 fully saturated rings. The molecule has 0 N–H and O–H groups in total. The lowest BCUT2D eigenvalue weighted by Gasteiger charge is -2.02. The fourth-order valence-corrected chi connectivity index (χ4v) is 2.02. The fraction of sp³-hybridized carbons (Fsp3) is 0.118. The lowest BCUT2D eigenvalue weighted by atomic mass is 10.2. The molecular weight excluding hydrogens is 361 g/mol. The second-order valence-electron chi connectivity index (χ2n) is 5.23. The van der Waals surface area contributed by atoms with Crippen LogP contribution in [0.25, 0.3) is 0 Å². The lowest BCUT2D eigenvalue weighted by molar-refractivity contribution is -0.384. The van der Waals surface area contributed by atoms with Crippen molar-refractivity contribution in [2.24, 2.45) is 0 Å². The van der Waals surface area contributed by atoms with Gasteiger partial charge < -0.3 is 14.0 Å². The molecule has 3 aromatic rings. The van der Waals surface area contributed by atoms with E-state index in [0.717, 1.165) is 0 Å². The van der Waals surface area contributed by atoms with Crippen LogP contribution in [-0.2, 0) is 18.0 Å². The largest absolute Gasteiger partial charge is 0.485 e. The van der Waals surface area contributed by atoms with Crippen LogP contribution in [-0.4, -0.2) is 21.0 Å². The fourth-order valence-electron chi connectivity index (χ4n) is 2.02. The maximum absolute atomic E-state index is 12.8. The standard InChI is InChI=1S/C17H12FN3O6/c18-12-3-7-14(8-4-12)25-9-15-19-16(27-20-15)10-26-17(22)11-1-5-13(6-2-11)21(23)24/h1-8H,9-10H2. The molecule has 2 aromatic carbocycles. The van der Waals surface area contributed by atoms with E-state index in [4.69, 9.17) is 14.0 Å². The van der Waals surface area contributed by atoms with Gasteiger partial charge in [-0.15, -0.1) is 0 Å². The Kier molecular flexibility index (Phi) is 5.36. The van der Waals surface area contributed by atoms with Gasteiger partial charge in [-0.05, 0) is 36.4 Å². The van der Waals surface area contributed by atoms with Crippen LogP contribution in [0.15, 0.2) is 53.1 Å². The number of benzene rings is 2. The lowest BCUT2D eigenvalue weighted by Crippen LogP contribution is -2.05. The molecule has 1 aromatic heterocycles. The number of carbonyl (C=O) groups excluding carboxylic acids is 1. The van der Waals surface area contributed by atoms with Crippen LogP contribution in [0.5, 0.6) is 5.75 Å². The molecule has 0 bridgehead atoms. The van der Waals surface area contributed by atoms with E-state index in [9.17, 15) is 19.3 Å². The Labute approximate surface area is 151 Å². The SMILES string of the molecule is O=C(OCc1nc(COc2ccc(F)cc2)no1)c1ccc([N+](=O)[O-])cc1. The third-order valence-electron chi connectivity index (χ3n) is 3.33. The Morgan fingerprint density at radius 3 is 2.48 bits per heavy atom. The third-order valence-corrected chi connectivity index (χ3v) is 3.33. The highest BCUT2D eigenvalue weighted by Gasteiger charge is 2.13. The summed E-state index contributed by atoms with van der Waals surface area (Å²) in [6.45, 7) is -0.273. The number of nitrogens with zero attached hydrogens (tertiary/aromatic N) is 3. The number of hydrogen-bond donors (Lipinski definition) is 0. The van der Waals surface area contributed by atoms with Gasteiger partial charge in [0.25, 0.3) is 11.6 Å². The Bertz CT molecular complexity index is 940. The van der Waals surface area contributed by atoms with Crippen molar-refractivity contribution in [1.82, 2.24) is 10.1 Å². The monoisotopic (exact) mass is 373 g/mol. The van der Waals surface area contributed by atoms with E-state index in [-0.39, 0.29) is 42.0 Å². The van der Waals surface area contributed by atoms with Crippen LogP contribution < -0.4 is 4.74 Å². The molecule has 9 nitrogen and oxygen atoms in total. The van der Waals surface area contributed by atoms with Gasteiger partial charge in [-0.2, -0.15) is 4.98 Å². The predicted molar refractivity (Wildman–Crippen MR) is 87.2 cm³/mol. The van der Waals surface area contributed by atoms with Crippen LogP contribution in [0.2, 0.25) is 0 Å². The van der Waals surface area contributed by atoms with Crippen LogP contribution in [0.4, 0.5) is 10.1 Å². The first kappa shape index (κ1) is 18.0. The van der Waals surface area contributed by atoms with Crippen molar-refractivity contribution < 1.29 is 28.1 Å². The number of rotatable bonds is 7. The first-order valence-corrected chi connectivity index (χ1v) is 7.62. The Morgan fingerprint density at radius 1 is 1.11 bits per heavy atom. The normalized spacial score (nSPS) is 10.4. The summed E-state index contributed by atoms with van der Waals surface area (Å²) in [5.41, 5.74) is 0.0224. The molecule has 0 unspecified atom stereocenters. The van der Waals surface area contributed by atoms with Gasteiger partial charge in [-0.1, -0.05) is 5.16 Å². The van der Waals surface area contributed by atoms with E-state index in [2.05, 4.69) is 10.1 Å². The predicted octanol–water partition coefficient (Wildman–Crippen LogP) is 3.05. The minimum atomic E-state index is -0.688. The highest BCUT2D eigenvalue weighted by molar-refractivity contribution is 5.89. The van der Waals surface area contributed by atoms with Crippen LogP contribution in [0.3, 0.4) is 0 Å². The van der Waals surface area contributed by atoms with E-state index >= 15 is 0 Å². The number of carbonyl (C=O) groups is 1. The van der Waals surface area contributed by atoms with Crippen molar-refractivity contribution in [3.63, 3.8) is 0 Å². The number of halogens is 1. The zero-order chi connectivity index (χ0) is 19.2. The number of aromatic nitrogens is 2. The number of esters is 1. The number of hydrogen-bond acceptors (Lipinski definition) is 8. The summed E-state index contributed by atoms with van der Waals surface area (Å²) in [4.78, 5) is 25.9. The van der Waals surface area contributed by atoms with Gasteiger partial charge in [-0.3, -0.25) is 10.1 Å². The van der Waals surface area contributed by atoms with Gasteiger partial charge in [-0.25, -0.2) is 9.18 Å².